The zero-order valence-electron chi connectivity index (χ0n) is 15.6. The molecule has 1 heterocycles. The van der Waals surface area contributed by atoms with Crippen LogP contribution in [0.15, 0.2) is 23.3 Å². The quantitative estimate of drug-likeness (QED) is 0.357. The van der Waals surface area contributed by atoms with Crippen molar-refractivity contribution < 1.29 is 23.7 Å². The van der Waals surface area contributed by atoms with Crippen LogP contribution in [0.4, 0.5) is 0 Å². The number of carbonyl (C=O) groups excluding carboxylic acids is 1. The first-order chi connectivity index (χ1) is 12.0. The normalized spacial score (nSPS) is 15.8. The van der Waals surface area contributed by atoms with Gasteiger partial charge < -0.3 is 18.9 Å². The first kappa shape index (κ1) is 21.3. The largest absolute Gasteiger partial charge is 0.500 e. The van der Waals surface area contributed by atoms with Crippen molar-refractivity contribution in [2.75, 3.05) is 27.9 Å². The molecule has 0 aliphatic carbocycles. The van der Waals surface area contributed by atoms with Crippen molar-refractivity contribution in [1.29, 1.82) is 0 Å². The van der Waals surface area contributed by atoms with Crippen molar-refractivity contribution in [3.63, 3.8) is 0 Å². The van der Waals surface area contributed by atoms with E-state index in [2.05, 4.69) is 9.72 Å². The maximum atomic E-state index is 11.4. The van der Waals surface area contributed by atoms with Crippen molar-refractivity contribution in [2.45, 2.75) is 33.0 Å². The highest BCUT2D eigenvalue weighted by Gasteiger charge is 2.20. The summed E-state index contributed by atoms with van der Waals surface area (Å²) in [5.74, 6) is -0.130. The third kappa shape index (κ3) is 6.61. The van der Waals surface area contributed by atoms with Crippen LogP contribution in [-0.2, 0) is 23.7 Å². The van der Waals surface area contributed by atoms with Crippen LogP contribution in [0, 0.1) is 5.92 Å². The predicted molar refractivity (Wildman–Crippen MR) is 98.3 cm³/mol. The van der Waals surface area contributed by atoms with Crippen LogP contribution in [-0.4, -0.2) is 45.0 Å². The summed E-state index contributed by atoms with van der Waals surface area (Å²) in [4.78, 5) is 16.0. The van der Waals surface area contributed by atoms with E-state index in [1.165, 1.54) is 20.3 Å². The lowest BCUT2D eigenvalue weighted by Gasteiger charge is -2.21. The molecular formula is C18H27NO5S. The molecule has 0 saturated heterocycles. The average Bonchev–Trinajstić information content (AvgIpc) is 3.09. The number of carbonyl (C=O) groups is 1. The van der Waals surface area contributed by atoms with E-state index in [9.17, 15) is 4.79 Å². The third-order valence-corrected chi connectivity index (χ3v) is 4.70. The van der Waals surface area contributed by atoms with Gasteiger partial charge in [0.15, 0.2) is 0 Å². The van der Waals surface area contributed by atoms with Crippen molar-refractivity contribution in [3.8, 4) is 0 Å². The van der Waals surface area contributed by atoms with Crippen LogP contribution in [0.1, 0.15) is 37.6 Å². The van der Waals surface area contributed by atoms with E-state index in [4.69, 9.17) is 14.2 Å². The minimum Gasteiger partial charge on any atom is -0.500 e. The van der Waals surface area contributed by atoms with Crippen LogP contribution >= 0.6 is 11.3 Å². The van der Waals surface area contributed by atoms with Gasteiger partial charge in [-0.05, 0) is 19.9 Å². The first-order valence-electron chi connectivity index (χ1n) is 8.08. The smallest absolute Gasteiger partial charge is 0.333 e. The summed E-state index contributed by atoms with van der Waals surface area (Å²) in [7, 11) is 4.46. The molecule has 0 bridgehead atoms. The molecule has 0 saturated carbocycles. The van der Waals surface area contributed by atoms with Crippen molar-refractivity contribution in [3.05, 3.63) is 34.0 Å². The Bertz CT molecular complexity index is 596. The molecule has 6 nitrogen and oxygen atoms in total. The average molecular weight is 369 g/mol. The molecule has 0 aliphatic heterocycles. The van der Waals surface area contributed by atoms with Crippen LogP contribution in [0.25, 0.3) is 6.08 Å². The van der Waals surface area contributed by atoms with Gasteiger partial charge >= 0.3 is 5.97 Å². The van der Waals surface area contributed by atoms with Gasteiger partial charge in [0, 0.05) is 25.0 Å². The van der Waals surface area contributed by atoms with E-state index in [1.54, 1.807) is 18.4 Å². The highest BCUT2D eigenvalue weighted by atomic mass is 32.1. The number of hydrogen-bond donors (Lipinski definition) is 0. The van der Waals surface area contributed by atoms with E-state index in [-0.39, 0.29) is 18.1 Å². The standard InChI is InChI=1S/C18H27NO5S/c1-7-24-13(3)18-19-14(11-25-18)8-9-15(21-4)12(2)16(22-5)10-17(20)23-6/h8-13,15H,7H2,1-6H3/b9-8+,16-10+/t12-,13?,15+/m1/s1. The minimum atomic E-state index is -0.461. The number of ether oxygens (including phenoxy) is 4. The molecule has 1 rings (SSSR count). The van der Waals surface area contributed by atoms with Gasteiger partial charge in [-0.15, -0.1) is 11.3 Å². The number of esters is 1. The van der Waals surface area contributed by atoms with Crippen LogP contribution < -0.4 is 0 Å². The second kappa shape index (κ2) is 11.0. The van der Waals surface area contributed by atoms with E-state index in [0.717, 1.165) is 10.7 Å². The lowest BCUT2D eigenvalue weighted by molar-refractivity contribution is -0.135. The first-order valence-corrected chi connectivity index (χ1v) is 8.96. The molecular weight excluding hydrogens is 342 g/mol. The Morgan fingerprint density at radius 2 is 2.00 bits per heavy atom. The molecule has 1 aromatic rings. The molecule has 7 heteroatoms. The summed E-state index contributed by atoms with van der Waals surface area (Å²) < 4.78 is 21.0. The molecule has 0 fully saturated rings. The SMILES string of the molecule is CCOC(C)c1nc(/C=C/[C@H](OC)[C@@H](C)/C(=C\C(=O)OC)OC)cs1. The second-order valence-corrected chi connectivity index (χ2v) is 6.22. The second-order valence-electron chi connectivity index (χ2n) is 5.33. The number of methoxy groups -OCH3 is 3. The Morgan fingerprint density at radius 1 is 1.28 bits per heavy atom. The fourth-order valence-corrected chi connectivity index (χ4v) is 3.03. The maximum Gasteiger partial charge on any atom is 0.333 e. The maximum absolute atomic E-state index is 11.4. The summed E-state index contributed by atoms with van der Waals surface area (Å²) >= 11 is 1.56. The lowest BCUT2D eigenvalue weighted by atomic mass is 10.0. The van der Waals surface area contributed by atoms with Gasteiger partial charge in [-0.25, -0.2) is 9.78 Å². The van der Waals surface area contributed by atoms with Gasteiger partial charge in [0.2, 0.25) is 0 Å². The summed E-state index contributed by atoms with van der Waals surface area (Å²) in [6, 6.07) is 0. The number of hydrogen-bond acceptors (Lipinski definition) is 7. The molecule has 1 aromatic heterocycles. The molecule has 25 heavy (non-hydrogen) atoms. The highest BCUT2D eigenvalue weighted by Crippen LogP contribution is 2.23. The molecule has 0 spiro atoms. The Morgan fingerprint density at radius 3 is 2.56 bits per heavy atom. The Hall–Kier alpha value is -1.70. The highest BCUT2D eigenvalue weighted by molar-refractivity contribution is 7.09. The molecule has 0 N–H and O–H groups in total. The topological polar surface area (TPSA) is 66.9 Å². The van der Waals surface area contributed by atoms with E-state index in [0.29, 0.717) is 12.4 Å². The Labute approximate surface area is 153 Å². The van der Waals surface area contributed by atoms with Gasteiger partial charge in [-0.3, -0.25) is 0 Å². The summed E-state index contributed by atoms with van der Waals surface area (Å²) in [5.41, 5.74) is 0.844. The van der Waals surface area contributed by atoms with Crippen LogP contribution in [0.5, 0.6) is 0 Å². The zero-order valence-corrected chi connectivity index (χ0v) is 16.5. The molecule has 0 radical (unpaired) electrons. The lowest BCUT2D eigenvalue weighted by Crippen LogP contribution is -2.21. The molecule has 0 aliphatic rings. The van der Waals surface area contributed by atoms with Gasteiger partial charge in [0.1, 0.15) is 16.9 Å². The van der Waals surface area contributed by atoms with Gasteiger partial charge in [0.25, 0.3) is 0 Å². The monoisotopic (exact) mass is 369 g/mol. The Kier molecular flexibility index (Phi) is 9.41. The molecule has 140 valence electrons. The van der Waals surface area contributed by atoms with Gasteiger partial charge in [0.05, 0.1) is 32.1 Å². The third-order valence-electron chi connectivity index (χ3n) is 3.67. The van der Waals surface area contributed by atoms with Crippen LogP contribution in [0.2, 0.25) is 0 Å². The minimum absolute atomic E-state index is 0.0163. The zero-order chi connectivity index (χ0) is 18.8. The van der Waals surface area contributed by atoms with Crippen molar-refractivity contribution in [2.24, 2.45) is 5.92 Å². The number of nitrogens with zero attached hydrogens (tertiary/aromatic N) is 1. The van der Waals surface area contributed by atoms with Crippen LogP contribution in [0.3, 0.4) is 0 Å². The molecule has 0 amide bonds. The van der Waals surface area contributed by atoms with Crippen molar-refractivity contribution >= 4 is 23.4 Å². The van der Waals surface area contributed by atoms with E-state index >= 15 is 0 Å². The summed E-state index contributed by atoms with van der Waals surface area (Å²) in [6.07, 6.45) is 4.84. The number of aromatic nitrogens is 1. The van der Waals surface area contributed by atoms with E-state index < -0.39 is 5.97 Å². The van der Waals surface area contributed by atoms with Crippen molar-refractivity contribution in [1.82, 2.24) is 4.98 Å². The summed E-state index contributed by atoms with van der Waals surface area (Å²) in [6.45, 7) is 6.52. The molecule has 1 unspecified atom stereocenters. The number of thiazole rings is 1. The molecule has 3 atom stereocenters. The van der Waals surface area contributed by atoms with E-state index in [1.807, 2.05) is 38.3 Å². The molecule has 0 aromatic carbocycles. The Balaban J connectivity index is 2.85. The number of rotatable bonds is 10. The fraction of sp³-hybridized carbons (Fsp3) is 0.556. The predicted octanol–water partition coefficient (Wildman–Crippen LogP) is 3.61. The van der Waals surface area contributed by atoms with Gasteiger partial charge in [-0.1, -0.05) is 13.0 Å². The fourth-order valence-electron chi connectivity index (χ4n) is 2.24. The van der Waals surface area contributed by atoms with Gasteiger partial charge in [-0.2, -0.15) is 0 Å². The summed E-state index contributed by atoms with van der Waals surface area (Å²) in [5, 5.41) is 2.91.